The second-order valence-electron chi connectivity index (χ2n) is 5.02. The van der Waals surface area contributed by atoms with Crippen LogP contribution in [0.2, 0.25) is 0 Å². The monoisotopic (exact) mass is 350 g/mol. The van der Waals surface area contributed by atoms with Crippen LogP contribution in [0.4, 0.5) is 0 Å². The Hall–Kier alpha value is -1.11. The fourth-order valence-corrected chi connectivity index (χ4v) is 2.40. The molecule has 0 radical (unpaired) electrons. The zero-order valence-electron chi connectivity index (χ0n) is 11.9. The molecule has 9 nitrogen and oxygen atoms in total. The Bertz CT molecular complexity index is 591. The molecule has 1 aliphatic heterocycles. The van der Waals surface area contributed by atoms with Crippen molar-refractivity contribution >= 4 is 10.4 Å². The van der Waals surface area contributed by atoms with Crippen LogP contribution in [0, 0.1) is 0 Å². The van der Waals surface area contributed by atoms with Crippen molar-refractivity contribution < 1.29 is 41.9 Å². The standard InChI is InChI=1S/C13H18O9S/c14-10-9(7-21-23(17,18)19)22-13(12(16)11(10)15)20-6-8-4-2-1-3-5-8/h1-5,9-16H,6-7H2,(H,17,18,19). The van der Waals surface area contributed by atoms with Crippen LogP contribution < -0.4 is 0 Å². The minimum atomic E-state index is -4.73. The molecule has 10 heteroatoms. The van der Waals surface area contributed by atoms with Gasteiger partial charge in [-0.1, -0.05) is 30.3 Å². The zero-order chi connectivity index (χ0) is 17.0. The third-order valence-electron chi connectivity index (χ3n) is 3.31. The first-order valence-electron chi connectivity index (χ1n) is 6.75. The van der Waals surface area contributed by atoms with Crippen molar-refractivity contribution in [1.82, 2.24) is 0 Å². The number of benzene rings is 1. The second kappa shape index (κ2) is 7.64. The molecule has 5 unspecified atom stereocenters. The molecule has 1 aromatic rings. The summed E-state index contributed by atoms with van der Waals surface area (Å²) < 4.78 is 44.4. The van der Waals surface area contributed by atoms with Crippen molar-refractivity contribution in [2.75, 3.05) is 6.61 Å². The van der Waals surface area contributed by atoms with Gasteiger partial charge in [-0.2, -0.15) is 8.42 Å². The lowest BCUT2D eigenvalue weighted by Crippen LogP contribution is -2.59. The number of ether oxygens (including phenoxy) is 2. The van der Waals surface area contributed by atoms with E-state index in [4.69, 9.17) is 14.0 Å². The summed E-state index contributed by atoms with van der Waals surface area (Å²) in [6.45, 7) is -0.674. The molecular weight excluding hydrogens is 332 g/mol. The average Bonchev–Trinajstić information content (AvgIpc) is 2.51. The maximum absolute atomic E-state index is 10.6. The smallest absolute Gasteiger partial charge is 0.387 e. The van der Waals surface area contributed by atoms with Crippen LogP contribution in [0.25, 0.3) is 0 Å². The molecule has 0 amide bonds. The highest BCUT2D eigenvalue weighted by Gasteiger charge is 2.44. The predicted molar refractivity (Wildman–Crippen MR) is 75.4 cm³/mol. The van der Waals surface area contributed by atoms with Gasteiger partial charge in [0.25, 0.3) is 0 Å². The van der Waals surface area contributed by atoms with Crippen LogP contribution >= 0.6 is 0 Å². The molecule has 5 atom stereocenters. The molecule has 0 bridgehead atoms. The highest BCUT2D eigenvalue weighted by atomic mass is 32.3. The topological polar surface area (TPSA) is 143 Å². The molecule has 4 N–H and O–H groups in total. The molecule has 23 heavy (non-hydrogen) atoms. The summed E-state index contributed by atoms with van der Waals surface area (Å²) in [5.41, 5.74) is 0.787. The van der Waals surface area contributed by atoms with Crippen LogP contribution in [-0.2, 0) is 30.7 Å². The molecule has 0 aromatic heterocycles. The normalized spacial score (nSPS) is 31.9. The Morgan fingerprint density at radius 2 is 1.70 bits per heavy atom. The third-order valence-corrected chi connectivity index (χ3v) is 3.74. The molecule has 1 aliphatic rings. The van der Waals surface area contributed by atoms with Gasteiger partial charge >= 0.3 is 10.4 Å². The number of aliphatic hydroxyl groups excluding tert-OH is 3. The van der Waals surface area contributed by atoms with Gasteiger partial charge in [-0.25, -0.2) is 4.18 Å². The predicted octanol–water partition coefficient (Wildman–Crippen LogP) is -1.17. The summed E-state index contributed by atoms with van der Waals surface area (Å²) in [7, 11) is -4.73. The van der Waals surface area contributed by atoms with E-state index in [1.165, 1.54) is 0 Å². The number of rotatable bonds is 6. The molecule has 1 heterocycles. The Labute approximate surface area is 133 Å². The van der Waals surface area contributed by atoms with E-state index in [1.54, 1.807) is 24.3 Å². The minimum absolute atomic E-state index is 0.0667. The summed E-state index contributed by atoms with van der Waals surface area (Å²) >= 11 is 0. The molecule has 1 saturated heterocycles. The van der Waals surface area contributed by atoms with E-state index in [1.807, 2.05) is 6.07 Å². The van der Waals surface area contributed by atoms with Crippen molar-refractivity contribution in [3.8, 4) is 0 Å². The number of hydrogen-bond acceptors (Lipinski definition) is 8. The van der Waals surface area contributed by atoms with Crippen LogP contribution in [0.5, 0.6) is 0 Å². The van der Waals surface area contributed by atoms with Gasteiger partial charge in [0.15, 0.2) is 6.29 Å². The Balaban J connectivity index is 1.98. The van der Waals surface area contributed by atoms with Gasteiger partial charge in [0.1, 0.15) is 24.4 Å². The van der Waals surface area contributed by atoms with Crippen LogP contribution in [0.3, 0.4) is 0 Å². The maximum atomic E-state index is 10.6. The average molecular weight is 350 g/mol. The second-order valence-corrected chi connectivity index (χ2v) is 6.11. The van der Waals surface area contributed by atoms with Crippen LogP contribution in [0.15, 0.2) is 30.3 Å². The van der Waals surface area contributed by atoms with Gasteiger partial charge in [-0.3, -0.25) is 4.55 Å². The molecule has 0 spiro atoms. The van der Waals surface area contributed by atoms with Crippen molar-refractivity contribution in [3.05, 3.63) is 35.9 Å². The minimum Gasteiger partial charge on any atom is -0.387 e. The lowest BCUT2D eigenvalue weighted by atomic mass is 9.99. The van der Waals surface area contributed by atoms with Gasteiger partial charge in [0, 0.05) is 0 Å². The van der Waals surface area contributed by atoms with Gasteiger partial charge < -0.3 is 24.8 Å². The summed E-state index contributed by atoms with van der Waals surface area (Å²) in [5.74, 6) is 0. The van der Waals surface area contributed by atoms with Crippen LogP contribution in [0.1, 0.15) is 5.56 Å². The first kappa shape index (κ1) is 18.2. The lowest BCUT2D eigenvalue weighted by Gasteiger charge is -2.39. The molecule has 2 rings (SSSR count). The molecule has 1 fully saturated rings. The van der Waals surface area contributed by atoms with Crippen molar-refractivity contribution in [2.24, 2.45) is 0 Å². The molecule has 130 valence electrons. The third kappa shape index (κ3) is 5.19. The summed E-state index contributed by atoms with van der Waals surface area (Å²) in [6.07, 6.45) is -7.38. The zero-order valence-corrected chi connectivity index (χ0v) is 12.7. The number of hydrogen-bond donors (Lipinski definition) is 4. The summed E-state index contributed by atoms with van der Waals surface area (Å²) in [5, 5.41) is 29.4. The van der Waals surface area contributed by atoms with Gasteiger partial charge in [0.05, 0.1) is 13.2 Å². The summed E-state index contributed by atoms with van der Waals surface area (Å²) in [4.78, 5) is 0. The van der Waals surface area contributed by atoms with Gasteiger partial charge in [-0.15, -0.1) is 0 Å². The highest BCUT2D eigenvalue weighted by molar-refractivity contribution is 7.80. The van der Waals surface area contributed by atoms with E-state index < -0.39 is 47.7 Å². The first-order valence-corrected chi connectivity index (χ1v) is 8.11. The van der Waals surface area contributed by atoms with Gasteiger partial charge in [-0.05, 0) is 5.56 Å². The lowest BCUT2D eigenvalue weighted by molar-refractivity contribution is -0.303. The van der Waals surface area contributed by atoms with E-state index in [2.05, 4.69) is 4.18 Å². The molecule has 0 aliphatic carbocycles. The SMILES string of the molecule is O=S(=O)(O)OCC1OC(OCc2ccccc2)C(O)C(O)C1O. The molecule has 1 aromatic carbocycles. The van der Waals surface area contributed by atoms with E-state index in [-0.39, 0.29) is 6.61 Å². The Kier molecular flexibility index (Phi) is 6.06. The quantitative estimate of drug-likeness (QED) is 0.467. The fraction of sp³-hybridized carbons (Fsp3) is 0.538. The Morgan fingerprint density at radius 3 is 2.30 bits per heavy atom. The van der Waals surface area contributed by atoms with E-state index >= 15 is 0 Å². The van der Waals surface area contributed by atoms with E-state index in [9.17, 15) is 23.7 Å². The number of aliphatic hydroxyl groups is 3. The van der Waals surface area contributed by atoms with Crippen molar-refractivity contribution in [3.63, 3.8) is 0 Å². The highest BCUT2D eigenvalue weighted by Crippen LogP contribution is 2.23. The molecule has 0 saturated carbocycles. The fourth-order valence-electron chi connectivity index (χ4n) is 2.10. The van der Waals surface area contributed by atoms with E-state index in [0.717, 1.165) is 5.56 Å². The van der Waals surface area contributed by atoms with E-state index in [0.29, 0.717) is 0 Å². The van der Waals surface area contributed by atoms with Crippen molar-refractivity contribution in [1.29, 1.82) is 0 Å². The van der Waals surface area contributed by atoms with Crippen molar-refractivity contribution in [2.45, 2.75) is 37.3 Å². The Morgan fingerprint density at radius 1 is 1.04 bits per heavy atom. The largest absolute Gasteiger partial charge is 0.397 e. The van der Waals surface area contributed by atoms with Gasteiger partial charge in [0.2, 0.25) is 0 Å². The maximum Gasteiger partial charge on any atom is 0.397 e. The first-order chi connectivity index (χ1) is 10.8. The summed E-state index contributed by atoms with van der Waals surface area (Å²) in [6, 6.07) is 8.95. The van der Waals surface area contributed by atoms with Crippen LogP contribution in [-0.4, -0.2) is 65.6 Å². The molecular formula is C13H18O9S.